The van der Waals surface area contributed by atoms with E-state index in [1.165, 1.54) is 0 Å². The van der Waals surface area contributed by atoms with E-state index in [1.807, 2.05) is 44.2 Å². The normalized spacial score (nSPS) is 29.5. The van der Waals surface area contributed by atoms with Crippen LogP contribution in [0.25, 0.3) is 0 Å². The molecule has 0 radical (unpaired) electrons. The molecule has 1 aromatic carbocycles. The maximum Gasteiger partial charge on any atom is 0.246 e. The van der Waals surface area contributed by atoms with E-state index in [1.54, 1.807) is 9.80 Å². The fourth-order valence-electron chi connectivity index (χ4n) is 5.24. The van der Waals surface area contributed by atoms with Gasteiger partial charge in [0.1, 0.15) is 24.2 Å². The van der Waals surface area contributed by atoms with Gasteiger partial charge in [0.05, 0.1) is 0 Å². The number of benzene rings is 1. The second-order valence-electron chi connectivity index (χ2n) is 9.50. The average molecular weight is 455 g/mol. The molecule has 2 N–H and O–H groups in total. The SMILES string of the molecule is CCC(C)C1NC(=O)C2CCCN2C(=O)C(Cc2ccccc2)NC(=O)C2CCCN2C1=O. The summed E-state index contributed by atoms with van der Waals surface area (Å²) in [6, 6.07) is 6.81. The van der Waals surface area contributed by atoms with Crippen molar-refractivity contribution in [2.45, 2.75) is 76.5 Å². The topological polar surface area (TPSA) is 98.8 Å². The van der Waals surface area contributed by atoms with Gasteiger partial charge in [0.2, 0.25) is 23.6 Å². The molecule has 3 saturated heterocycles. The predicted molar refractivity (Wildman–Crippen MR) is 123 cm³/mol. The Morgan fingerprint density at radius 1 is 0.879 bits per heavy atom. The van der Waals surface area contributed by atoms with Gasteiger partial charge in [-0.15, -0.1) is 0 Å². The molecule has 4 amide bonds. The molecular weight excluding hydrogens is 420 g/mol. The third-order valence-corrected chi connectivity index (χ3v) is 7.35. The molecule has 1 aromatic rings. The first-order valence-corrected chi connectivity index (χ1v) is 12.2. The molecule has 3 aliphatic rings. The fourth-order valence-corrected chi connectivity index (χ4v) is 5.24. The number of amides is 4. The number of carbonyl (C=O) groups is 4. The highest BCUT2D eigenvalue weighted by atomic mass is 16.2. The van der Waals surface area contributed by atoms with Crippen molar-refractivity contribution < 1.29 is 19.2 Å². The number of carbonyl (C=O) groups excluding carboxylic acids is 4. The Bertz CT molecular complexity index is 905. The summed E-state index contributed by atoms with van der Waals surface area (Å²) in [6.45, 7) is 4.86. The molecule has 3 heterocycles. The van der Waals surface area contributed by atoms with Gasteiger partial charge in [-0.25, -0.2) is 0 Å². The summed E-state index contributed by atoms with van der Waals surface area (Å²) in [5, 5.41) is 5.92. The summed E-state index contributed by atoms with van der Waals surface area (Å²) in [5.74, 6) is -1.08. The molecule has 4 rings (SSSR count). The van der Waals surface area contributed by atoms with Gasteiger partial charge in [0, 0.05) is 19.5 Å². The number of fused-ring (bicyclic) bond motifs is 2. The van der Waals surface area contributed by atoms with Crippen molar-refractivity contribution in [2.24, 2.45) is 5.92 Å². The van der Waals surface area contributed by atoms with Crippen molar-refractivity contribution in [1.29, 1.82) is 0 Å². The lowest BCUT2D eigenvalue weighted by Gasteiger charge is -2.35. The van der Waals surface area contributed by atoms with Gasteiger partial charge in [-0.2, -0.15) is 0 Å². The van der Waals surface area contributed by atoms with Crippen LogP contribution in [0.2, 0.25) is 0 Å². The minimum absolute atomic E-state index is 0.0786. The van der Waals surface area contributed by atoms with Crippen LogP contribution in [0.15, 0.2) is 30.3 Å². The van der Waals surface area contributed by atoms with Gasteiger partial charge in [-0.1, -0.05) is 50.6 Å². The van der Waals surface area contributed by atoms with E-state index in [2.05, 4.69) is 10.6 Å². The molecule has 33 heavy (non-hydrogen) atoms. The lowest BCUT2D eigenvalue weighted by Crippen LogP contribution is -2.62. The first-order chi connectivity index (χ1) is 15.9. The zero-order valence-electron chi connectivity index (χ0n) is 19.5. The van der Waals surface area contributed by atoms with Crippen LogP contribution in [0.5, 0.6) is 0 Å². The van der Waals surface area contributed by atoms with Crippen molar-refractivity contribution in [3.8, 4) is 0 Å². The third kappa shape index (κ3) is 4.75. The molecule has 8 nitrogen and oxygen atoms in total. The lowest BCUT2D eigenvalue weighted by molar-refractivity contribution is -0.147. The predicted octanol–water partition coefficient (Wildman–Crippen LogP) is 1.24. The summed E-state index contributed by atoms with van der Waals surface area (Å²) >= 11 is 0. The average Bonchev–Trinajstić information content (AvgIpc) is 3.51. The summed E-state index contributed by atoms with van der Waals surface area (Å²) in [5.41, 5.74) is 0.930. The number of nitrogens with one attached hydrogen (secondary N) is 2. The van der Waals surface area contributed by atoms with E-state index in [9.17, 15) is 19.2 Å². The fraction of sp³-hybridized carbons (Fsp3) is 0.600. The van der Waals surface area contributed by atoms with Gasteiger partial charge in [0.25, 0.3) is 0 Å². The molecule has 178 valence electrons. The van der Waals surface area contributed by atoms with Gasteiger partial charge in [-0.05, 0) is 37.2 Å². The molecule has 3 fully saturated rings. The van der Waals surface area contributed by atoms with Crippen molar-refractivity contribution in [2.75, 3.05) is 13.1 Å². The van der Waals surface area contributed by atoms with Crippen LogP contribution in [0, 0.1) is 5.92 Å². The highest BCUT2D eigenvalue weighted by molar-refractivity contribution is 5.98. The molecule has 0 saturated carbocycles. The smallest absolute Gasteiger partial charge is 0.246 e. The quantitative estimate of drug-likeness (QED) is 0.715. The number of rotatable bonds is 4. The first kappa shape index (κ1) is 23.3. The highest BCUT2D eigenvalue weighted by Gasteiger charge is 2.44. The highest BCUT2D eigenvalue weighted by Crippen LogP contribution is 2.25. The van der Waals surface area contributed by atoms with Crippen molar-refractivity contribution >= 4 is 23.6 Å². The van der Waals surface area contributed by atoms with E-state index in [4.69, 9.17) is 0 Å². The molecule has 0 aliphatic carbocycles. The van der Waals surface area contributed by atoms with Crippen LogP contribution in [0.1, 0.15) is 51.5 Å². The van der Waals surface area contributed by atoms with Crippen LogP contribution in [0.4, 0.5) is 0 Å². The van der Waals surface area contributed by atoms with Crippen LogP contribution >= 0.6 is 0 Å². The minimum Gasteiger partial charge on any atom is -0.342 e. The second kappa shape index (κ2) is 9.93. The van der Waals surface area contributed by atoms with E-state index in [0.717, 1.165) is 12.0 Å². The summed E-state index contributed by atoms with van der Waals surface area (Å²) in [7, 11) is 0. The monoisotopic (exact) mass is 454 g/mol. The van der Waals surface area contributed by atoms with Crippen LogP contribution in [-0.4, -0.2) is 70.7 Å². The summed E-state index contributed by atoms with van der Waals surface area (Å²) < 4.78 is 0. The number of nitrogens with zero attached hydrogens (tertiary/aromatic N) is 2. The van der Waals surface area contributed by atoms with E-state index >= 15 is 0 Å². The Morgan fingerprint density at radius 3 is 2.06 bits per heavy atom. The maximum absolute atomic E-state index is 13.6. The molecule has 0 aromatic heterocycles. The Kier molecular flexibility index (Phi) is 7.00. The second-order valence-corrected chi connectivity index (χ2v) is 9.50. The van der Waals surface area contributed by atoms with Gasteiger partial charge < -0.3 is 20.4 Å². The number of hydrogen-bond acceptors (Lipinski definition) is 4. The Morgan fingerprint density at radius 2 is 1.45 bits per heavy atom. The summed E-state index contributed by atoms with van der Waals surface area (Å²) in [6.07, 6.45) is 3.60. The molecule has 5 unspecified atom stereocenters. The van der Waals surface area contributed by atoms with Gasteiger partial charge in [-0.3, -0.25) is 19.2 Å². The Hall–Kier alpha value is -2.90. The van der Waals surface area contributed by atoms with Crippen LogP contribution in [-0.2, 0) is 25.6 Å². The molecule has 0 bridgehead atoms. The van der Waals surface area contributed by atoms with Gasteiger partial charge >= 0.3 is 0 Å². The van der Waals surface area contributed by atoms with Crippen LogP contribution in [0.3, 0.4) is 0 Å². The lowest BCUT2D eigenvalue weighted by atomic mass is 9.96. The molecule has 5 atom stereocenters. The van der Waals surface area contributed by atoms with Gasteiger partial charge in [0.15, 0.2) is 0 Å². The van der Waals surface area contributed by atoms with Crippen LogP contribution < -0.4 is 10.6 Å². The molecule has 8 heteroatoms. The largest absolute Gasteiger partial charge is 0.342 e. The zero-order valence-corrected chi connectivity index (χ0v) is 19.5. The number of hydrogen-bond donors (Lipinski definition) is 2. The minimum atomic E-state index is -0.782. The third-order valence-electron chi connectivity index (χ3n) is 7.35. The van der Waals surface area contributed by atoms with Crippen molar-refractivity contribution in [1.82, 2.24) is 20.4 Å². The van der Waals surface area contributed by atoms with Crippen molar-refractivity contribution in [3.63, 3.8) is 0 Å². The molecule has 3 aliphatic heterocycles. The molecule has 0 spiro atoms. The van der Waals surface area contributed by atoms with E-state index < -0.39 is 24.2 Å². The van der Waals surface area contributed by atoms with E-state index in [-0.39, 0.29) is 29.5 Å². The zero-order chi connectivity index (χ0) is 23.5. The Labute approximate surface area is 195 Å². The van der Waals surface area contributed by atoms with E-state index in [0.29, 0.717) is 45.2 Å². The molecular formula is C25H34N4O4. The summed E-state index contributed by atoms with van der Waals surface area (Å²) in [4.78, 5) is 57.0. The first-order valence-electron chi connectivity index (χ1n) is 12.2. The standard InChI is InChI=1S/C25H34N4O4/c1-3-16(2)21-25(33)29-14-8-11-19(29)22(30)26-18(15-17-9-5-4-6-10-17)24(32)28-13-7-12-20(28)23(31)27-21/h4-6,9-10,16,18-21H,3,7-8,11-15H2,1-2H3,(H,26,30)(H,27,31). The van der Waals surface area contributed by atoms with Crippen molar-refractivity contribution in [3.05, 3.63) is 35.9 Å². The Balaban J connectivity index is 1.69. The maximum atomic E-state index is 13.6.